The maximum absolute atomic E-state index is 9.48. The molecular weight excluding hydrogens is 270 g/mol. The van der Waals surface area contributed by atoms with Crippen LogP contribution in [0.5, 0.6) is 5.75 Å². The highest BCUT2D eigenvalue weighted by atomic mass is 32.1. The molecule has 3 rings (SSSR count). The standard InChI is InChI=1S/C15H13N3OS/c19-13-8-4-5-11(9-13)14-10-20-15(16-14)18-17-12-6-2-1-3-7-12/h1-10,17,19H,(H,16,18). The Morgan fingerprint density at radius 3 is 2.60 bits per heavy atom. The van der Waals surface area contributed by atoms with E-state index in [1.54, 1.807) is 18.2 Å². The van der Waals surface area contributed by atoms with E-state index >= 15 is 0 Å². The fraction of sp³-hybridized carbons (Fsp3) is 0. The minimum atomic E-state index is 0.243. The van der Waals surface area contributed by atoms with Crippen LogP contribution in [-0.4, -0.2) is 10.1 Å². The van der Waals surface area contributed by atoms with Crippen LogP contribution in [0.1, 0.15) is 0 Å². The summed E-state index contributed by atoms with van der Waals surface area (Å²) in [4.78, 5) is 4.47. The van der Waals surface area contributed by atoms with Gasteiger partial charge in [-0.3, -0.25) is 10.9 Å². The molecule has 0 saturated heterocycles. The molecule has 0 atom stereocenters. The number of thiazole rings is 1. The lowest BCUT2D eigenvalue weighted by atomic mass is 10.2. The molecule has 1 aromatic heterocycles. The number of hydrogen-bond acceptors (Lipinski definition) is 5. The van der Waals surface area contributed by atoms with Crippen molar-refractivity contribution >= 4 is 22.2 Å². The Labute approximate surface area is 120 Å². The second-order valence-electron chi connectivity index (χ2n) is 4.20. The Hall–Kier alpha value is -2.53. The van der Waals surface area contributed by atoms with Crippen molar-refractivity contribution in [3.8, 4) is 17.0 Å². The second-order valence-corrected chi connectivity index (χ2v) is 5.06. The van der Waals surface area contributed by atoms with Gasteiger partial charge in [0.05, 0.1) is 11.4 Å². The molecule has 0 spiro atoms. The molecule has 3 aromatic rings. The minimum absolute atomic E-state index is 0.243. The Balaban J connectivity index is 1.71. The zero-order chi connectivity index (χ0) is 13.8. The molecule has 2 aromatic carbocycles. The largest absolute Gasteiger partial charge is 0.508 e. The Bertz CT molecular complexity index is 697. The number of benzene rings is 2. The molecule has 3 N–H and O–H groups in total. The molecule has 0 unspecified atom stereocenters. The normalized spacial score (nSPS) is 10.2. The average Bonchev–Trinajstić information content (AvgIpc) is 2.95. The fourth-order valence-corrected chi connectivity index (χ4v) is 2.45. The number of hydrazine groups is 1. The molecule has 0 amide bonds. The lowest BCUT2D eigenvalue weighted by Gasteiger charge is -2.05. The quantitative estimate of drug-likeness (QED) is 0.634. The molecule has 5 heteroatoms. The van der Waals surface area contributed by atoms with Gasteiger partial charge in [0, 0.05) is 10.9 Å². The number of rotatable bonds is 4. The number of para-hydroxylation sites is 1. The summed E-state index contributed by atoms with van der Waals surface area (Å²) in [5.74, 6) is 0.243. The number of aromatic hydroxyl groups is 1. The number of nitrogens with one attached hydrogen (secondary N) is 2. The Morgan fingerprint density at radius 1 is 0.950 bits per heavy atom. The maximum Gasteiger partial charge on any atom is 0.202 e. The summed E-state index contributed by atoms with van der Waals surface area (Å²) < 4.78 is 0. The maximum atomic E-state index is 9.48. The third-order valence-corrected chi connectivity index (χ3v) is 3.49. The van der Waals surface area contributed by atoms with Crippen molar-refractivity contribution in [1.82, 2.24) is 4.98 Å². The van der Waals surface area contributed by atoms with E-state index in [0.717, 1.165) is 22.1 Å². The predicted octanol–water partition coefficient (Wildman–Crippen LogP) is 3.95. The van der Waals surface area contributed by atoms with Crippen LogP contribution in [0.3, 0.4) is 0 Å². The average molecular weight is 283 g/mol. The lowest BCUT2D eigenvalue weighted by Crippen LogP contribution is -2.07. The summed E-state index contributed by atoms with van der Waals surface area (Å²) in [6.45, 7) is 0. The van der Waals surface area contributed by atoms with Crippen molar-refractivity contribution in [2.45, 2.75) is 0 Å². The van der Waals surface area contributed by atoms with Gasteiger partial charge in [-0.15, -0.1) is 11.3 Å². The van der Waals surface area contributed by atoms with Crippen LogP contribution in [-0.2, 0) is 0 Å². The molecule has 100 valence electrons. The summed E-state index contributed by atoms with van der Waals surface area (Å²) in [5, 5.41) is 12.2. The molecule has 0 fully saturated rings. The van der Waals surface area contributed by atoms with Crippen LogP contribution < -0.4 is 10.9 Å². The molecule has 0 aliphatic heterocycles. The molecular formula is C15H13N3OS. The molecule has 0 aliphatic carbocycles. The molecule has 0 saturated carbocycles. The summed E-state index contributed by atoms with van der Waals surface area (Å²) in [6, 6.07) is 16.9. The molecule has 20 heavy (non-hydrogen) atoms. The van der Waals surface area contributed by atoms with Gasteiger partial charge in [-0.2, -0.15) is 0 Å². The number of nitrogens with zero attached hydrogens (tertiary/aromatic N) is 1. The number of phenols is 1. The van der Waals surface area contributed by atoms with Crippen molar-refractivity contribution in [3.05, 3.63) is 60.0 Å². The summed E-state index contributed by atoms with van der Waals surface area (Å²) in [5.41, 5.74) is 8.85. The summed E-state index contributed by atoms with van der Waals surface area (Å²) in [7, 11) is 0. The van der Waals surface area contributed by atoms with E-state index in [-0.39, 0.29) is 5.75 Å². The first kappa shape index (κ1) is 12.5. The minimum Gasteiger partial charge on any atom is -0.508 e. The van der Waals surface area contributed by atoms with E-state index < -0.39 is 0 Å². The van der Waals surface area contributed by atoms with Crippen molar-refractivity contribution in [2.75, 3.05) is 10.9 Å². The third kappa shape index (κ3) is 2.89. The van der Waals surface area contributed by atoms with Gasteiger partial charge in [-0.05, 0) is 24.3 Å². The van der Waals surface area contributed by atoms with Crippen LogP contribution in [0.2, 0.25) is 0 Å². The van der Waals surface area contributed by atoms with Gasteiger partial charge in [0.25, 0.3) is 0 Å². The van der Waals surface area contributed by atoms with Gasteiger partial charge in [0.1, 0.15) is 5.75 Å². The molecule has 0 radical (unpaired) electrons. The van der Waals surface area contributed by atoms with Gasteiger partial charge >= 0.3 is 0 Å². The van der Waals surface area contributed by atoms with Crippen LogP contribution in [0.15, 0.2) is 60.0 Å². The Morgan fingerprint density at radius 2 is 1.80 bits per heavy atom. The zero-order valence-electron chi connectivity index (χ0n) is 10.6. The van der Waals surface area contributed by atoms with Crippen molar-refractivity contribution in [3.63, 3.8) is 0 Å². The number of aromatic nitrogens is 1. The lowest BCUT2D eigenvalue weighted by molar-refractivity contribution is 0.475. The van der Waals surface area contributed by atoms with Crippen molar-refractivity contribution in [1.29, 1.82) is 0 Å². The first-order valence-electron chi connectivity index (χ1n) is 6.13. The van der Waals surface area contributed by atoms with Gasteiger partial charge < -0.3 is 5.11 Å². The monoisotopic (exact) mass is 283 g/mol. The number of phenolic OH excluding ortho intramolecular Hbond substituents is 1. The first-order valence-corrected chi connectivity index (χ1v) is 7.01. The highest BCUT2D eigenvalue weighted by Crippen LogP contribution is 2.27. The fourth-order valence-electron chi connectivity index (χ4n) is 1.78. The molecule has 4 nitrogen and oxygen atoms in total. The summed E-state index contributed by atoms with van der Waals surface area (Å²) in [6.07, 6.45) is 0. The van der Waals surface area contributed by atoms with Crippen molar-refractivity contribution < 1.29 is 5.11 Å². The highest BCUT2D eigenvalue weighted by Gasteiger charge is 2.04. The van der Waals surface area contributed by atoms with E-state index in [2.05, 4.69) is 15.8 Å². The number of hydrogen-bond donors (Lipinski definition) is 3. The third-order valence-electron chi connectivity index (χ3n) is 2.73. The SMILES string of the molecule is Oc1cccc(-c2csc(NNc3ccccc3)n2)c1. The van der Waals surface area contributed by atoms with Gasteiger partial charge in [0.15, 0.2) is 0 Å². The van der Waals surface area contributed by atoms with E-state index in [0.29, 0.717) is 0 Å². The zero-order valence-corrected chi connectivity index (χ0v) is 11.4. The van der Waals surface area contributed by atoms with E-state index in [4.69, 9.17) is 0 Å². The van der Waals surface area contributed by atoms with E-state index in [1.807, 2.05) is 41.8 Å². The van der Waals surface area contributed by atoms with Crippen LogP contribution >= 0.6 is 11.3 Å². The van der Waals surface area contributed by atoms with Crippen LogP contribution in [0, 0.1) is 0 Å². The highest BCUT2D eigenvalue weighted by molar-refractivity contribution is 7.14. The van der Waals surface area contributed by atoms with E-state index in [1.165, 1.54) is 11.3 Å². The smallest absolute Gasteiger partial charge is 0.202 e. The van der Waals surface area contributed by atoms with Gasteiger partial charge in [-0.25, -0.2) is 4.98 Å². The van der Waals surface area contributed by atoms with Crippen LogP contribution in [0.25, 0.3) is 11.3 Å². The van der Waals surface area contributed by atoms with Crippen molar-refractivity contribution in [2.24, 2.45) is 0 Å². The first-order chi connectivity index (χ1) is 9.81. The Kier molecular flexibility index (Phi) is 3.52. The molecule has 0 bridgehead atoms. The summed E-state index contributed by atoms with van der Waals surface area (Å²) >= 11 is 1.50. The van der Waals surface area contributed by atoms with E-state index in [9.17, 15) is 5.11 Å². The molecule has 1 heterocycles. The topological polar surface area (TPSA) is 57.2 Å². The number of anilines is 2. The van der Waals surface area contributed by atoms with Gasteiger partial charge in [0.2, 0.25) is 5.13 Å². The second kappa shape index (κ2) is 5.63. The molecule has 0 aliphatic rings. The van der Waals surface area contributed by atoms with Crippen LogP contribution in [0.4, 0.5) is 10.8 Å². The van der Waals surface area contributed by atoms with Gasteiger partial charge in [-0.1, -0.05) is 30.3 Å². The predicted molar refractivity (Wildman–Crippen MR) is 82.9 cm³/mol.